The molecule has 0 radical (unpaired) electrons. The van der Waals surface area contributed by atoms with E-state index >= 15 is 0 Å². The van der Waals surface area contributed by atoms with Crippen LogP contribution in [-0.2, 0) is 6.61 Å². The molecule has 0 spiro atoms. The first-order valence-electron chi connectivity index (χ1n) is 4.70. The Balaban J connectivity index is 2.08. The zero-order valence-corrected chi connectivity index (χ0v) is 8.43. The number of aromatic hydroxyl groups is 1. The molecule has 0 atom stereocenters. The predicted octanol–water partition coefficient (Wildman–Crippen LogP) is 2.87. The molecule has 1 N–H and O–H groups in total. The van der Waals surface area contributed by atoms with Gasteiger partial charge in [0.15, 0.2) is 0 Å². The third-order valence-electron chi connectivity index (χ3n) is 2.23. The number of rotatable bonds is 3. The van der Waals surface area contributed by atoms with Crippen molar-refractivity contribution in [1.82, 2.24) is 0 Å². The second-order valence-corrected chi connectivity index (χ2v) is 3.32. The third kappa shape index (κ3) is 2.13. The maximum absolute atomic E-state index is 9.46. The molecule has 0 saturated carbocycles. The number of phenolic OH excluding ortho intramolecular Hbond substituents is 1. The summed E-state index contributed by atoms with van der Waals surface area (Å²) >= 11 is 0. The monoisotopic (exact) mass is 204 g/mol. The van der Waals surface area contributed by atoms with Gasteiger partial charge in [0.25, 0.3) is 0 Å². The van der Waals surface area contributed by atoms with Crippen LogP contribution >= 0.6 is 0 Å². The Bertz CT molecular complexity index is 432. The van der Waals surface area contributed by atoms with Crippen molar-refractivity contribution in [2.24, 2.45) is 0 Å². The van der Waals surface area contributed by atoms with Gasteiger partial charge < -0.3 is 14.3 Å². The average molecular weight is 204 g/mol. The lowest BCUT2D eigenvalue weighted by Crippen LogP contribution is -1.95. The summed E-state index contributed by atoms with van der Waals surface area (Å²) in [7, 11) is 0. The fourth-order valence-corrected chi connectivity index (χ4v) is 1.30. The second-order valence-electron chi connectivity index (χ2n) is 3.32. The van der Waals surface area contributed by atoms with Crippen molar-refractivity contribution in [3.63, 3.8) is 0 Å². The van der Waals surface area contributed by atoms with Crippen molar-refractivity contribution < 1.29 is 14.3 Å². The first-order valence-corrected chi connectivity index (χ1v) is 4.70. The summed E-state index contributed by atoms with van der Waals surface area (Å²) in [5.74, 6) is 0.941. The highest BCUT2D eigenvalue weighted by Gasteiger charge is 2.03. The second kappa shape index (κ2) is 4.09. The Morgan fingerprint density at radius 2 is 2.20 bits per heavy atom. The van der Waals surface area contributed by atoms with Crippen molar-refractivity contribution >= 4 is 0 Å². The molecular weight excluding hydrogens is 192 g/mol. The highest BCUT2D eigenvalue weighted by Crippen LogP contribution is 2.26. The standard InChI is InChI=1S/C12H12O3/c1-9-11(13)3-2-4-12(9)15-8-10-5-6-14-7-10/h2-7,13H,8H2,1H3. The van der Waals surface area contributed by atoms with Crippen molar-refractivity contribution in [2.75, 3.05) is 0 Å². The largest absolute Gasteiger partial charge is 0.508 e. The molecule has 15 heavy (non-hydrogen) atoms. The molecule has 0 fully saturated rings. The summed E-state index contributed by atoms with van der Waals surface area (Å²) in [6.45, 7) is 2.26. The van der Waals surface area contributed by atoms with Crippen LogP contribution in [0.15, 0.2) is 41.2 Å². The van der Waals surface area contributed by atoms with E-state index in [4.69, 9.17) is 9.15 Å². The van der Waals surface area contributed by atoms with Gasteiger partial charge in [-0.2, -0.15) is 0 Å². The van der Waals surface area contributed by atoms with Crippen LogP contribution in [0.2, 0.25) is 0 Å². The first kappa shape index (κ1) is 9.65. The van der Waals surface area contributed by atoms with Crippen molar-refractivity contribution in [1.29, 1.82) is 0 Å². The smallest absolute Gasteiger partial charge is 0.126 e. The minimum absolute atomic E-state index is 0.250. The van der Waals surface area contributed by atoms with Gasteiger partial charge in [0.05, 0.1) is 12.5 Å². The maximum atomic E-state index is 9.46. The molecule has 0 unspecified atom stereocenters. The van der Waals surface area contributed by atoms with Crippen LogP contribution in [0.1, 0.15) is 11.1 Å². The molecule has 2 rings (SSSR count). The molecule has 3 heteroatoms. The van der Waals surface area contributed by atoms with Crippen LogP contribution in [0, 0.1) is 6.92 Å². The van der Waals surface area contributed by atoms with Crippen molar-refractivity contribution in [3.05, 3.63) is 47.9 Å². The third-order valence-corrected chi connectivity index (χ3v) is 2.23. The lowest BCUT2D eigenvalue weighted by Gasteiger charge is -2.08. The normalized spacial score (nSPS) is 10.2. The summed E-state index contributed by atoms with van der Waals surface area (Å²) in [5, 5.41) is 9.46. The van der Waals surface area contributed by atoms with Crippen LogP contribution < -0.4 is 4.74 Å². The summed E-state index contributed by atoms with van der Waals surface area (Å²) in [4.78, 5) is 0. The fourth-order valence-electron chi connectivity index (χ4n) is 1.30. The lowest BCUT2D eigenvalue weighted by atomic mass is 10.2. The highest BCUT2D eigenvalue weighted by molar-refractivity contribution is 5.42. The van der Waals surface area contributed by atoms with E-state index < -0.39 is 0 Å². The SMILES string of the molecule is Cc1c(O)cccc1OCc1ccoc1. The summed E-state index contributed by atoms with van der Waals surface area (Å²) in [6.07, 6.45) is 3.24. The molecule has 1 aromatic carbocycles. The molecule has 0 aliphatic carbocycles. The van der Waals surface area contributed by atoms with Crippen LogP contribution in [0.4, 0.5) is 0 Å². The van der Waals surface area contributed by atoms with Gasteiger partial charge in [-0.15, -0.1) is 0 Å². The fraction of sp³-hybridized carbons (Fsp3) is 0.167. The Hall–Kier alpha value is -1.90. The Morgan fingerprint density at radius 1 is 1.33 bits per heavy atom. The molecule has 0 saturated heterocycles. The molecular formula is C12H12O3. The molecule has 2 aromatic rings. The van der Waals surface area contributed by atoms with Gasteiger partial charge in [-0.05, 0) is 25.1 Å². The number of benzene rings is 1. The molecule has 0 bridgehead atoms. The van der Waals surface area contributed by atoms with E-state index in [1.165, 1.54) is 0 Å². The molecule has 1 aromatic heterocycles. The Kier molecular flexibility index (Phi) is 2.63. The summed E-state index contributed by atoms with van der Waals surface area (Å²) < 4.78 is 10.5. The molecule has 3 nitrogen and oxygen atoms in total. The summed E-state index contributed by atoms with van der Waals surface area (Å²) in [6, 6.07) is 7.07. The number of phenols is 1. The Labute approximate surface area is 87.9 Å². The predicted molar refractivity (Wildman–Crippen MR) is 55.9 cm³/mol. The number of furan rings is 1. The van der Waals surface area contributed by atoms with E-state index in [1.807, 2.05) is 19.1 Å². The first-order chi connectivity index (χ1) is 7.27. The van der Waals surface area contributed by atoms with Gasteiger partial charge in [0, 0.05) is 11.1 Å². The molecule has 1 heterocycles. The van der Waals surface area contributed by atoms with Gasteiger partial charge >= 0.3 is 0 Å². The average Bonchev–Trinajstić information content (AvgIpc) is 2.73. The number of ether oxygens (including phenoxy) is 1. The molecule has 0 amide bonds. The van der Waals surface area contributed by atoms with Crippen molar-refractivity contribution in [3.8, 4) is 11.5 Å². The van der Waals surface area contributed by atoms with E-state index in [1.54, 1.807) is 24.7 Å². The van der Waals surface area contributed by atoms with Crippen LogP contribution in [0.3, 0.4) is 0 Å². The van der Waals surface area contributed by atoms with E-state index in [0.29, 0.717) is 12.4 Å². The van der Waals surface area contributed by atoms with E-state index in [0.717, 1.165) is 11.1 Å². The van der Waals surface area contributed by atoms with Crippen LogP contribution in [0.25, 0.3) is 0 Å². The van der Waals surface area contributed by atoms with Gasteiger partial charge in [0.2, 0.25) is 0 Å². The number of hydrogen-bond acceptors (Lipinski definition) is 3. The van der Waals surface area contributed by atoms with Crippen LogP contribution in [-0.4, -0.2) is 5.11 Å². The number of hydrogen-bond donors (Lipinski definition) is 1. The van der Waals surface area contributed by atoms with Crippen LogP contribution in [0.5, 0.6) is 11.5 Å². The minimum atomic E-state index is 0.250. The van der Waals surface area contributed by atoms with E-state index in [2.05, 4.69) is 0 Å². The lowest BCUT2D eigenvalue weighted by molar-refractivity contribution is 0.300. The molecule has 0 aliphatic rings. The van der Waals surface area contributed by atoms with E-state index in [-0.39, 0.29) is 5.75 Å². The zero-order chi connectivity index (χ0) is 10.7. The quantitative estimate of drug-likeness (QED) is 0.835. The molecule has 78 valence electrons. The van der Waals surface area contributed by atoms with Gasteiger partial charge in [-0.25, -0.2) is 0 Å². The maximum Gasteiger partial charge on any atom is 0.126 e. The summed E-state index contributed by atoms with van der Waals surface area (Å²) in [5.41, 5.74) is 1.72. The van der Waals surface area contributed by atoms with E-state index in [9.17, 15) is 5.11 Å². The van der Waals surface area contributed by atoms with Crippen molar-refractivity contribution in [2.45, 2.75) is 13.5 Å². The molecule has 0 aliphatic heterocycles. The zero-order valence-electron chi connectivity index (χ0n) is 8.43. The van der Waals surface area contributed by atoms with Gasteiger partial charge in [-0.1, -0.05) is 6.07 Å². The topological polar surface area (TPSA) is 42.6 Å². The minimum Gasteiger partial charge on any atom is -0.508 e. The van der Waals surface area contributed by atoms with Gasteiger partial charge in [-0.3, -0.25) is 0 Å². The Morgan fingerprint density at radius 3 is 2.93 bits per heavy atom. The van der Waals surface area contributed by atoms with Gasteiger partial charge in [0.1, 0.15) is 18.1 Å². The highest BCUT2D eigenvalue weighted by atomic mass is 16.5.